The largest absolute Gasteiger partial charge is 0.361 e. The summed E-state index contributed by atoms with van der Waals surface area (Å²) in [6, 6.07) is 1.71. The third-order valence-electron chi connectivity index (χ3n) is 3.56. The number of nitro groups is 1. The summed E-state index contributed by atoms with van der Waals surface area (Å²) >= 11 is 0. The molecule has 20 heavy (non-hydrogen) atoms. The normalized spacial score (nSPS) is 13.3. The lowest BCUT2D eigenvalue weighted by Gasteiger charge is -2.35. The Hall–Kier alpha value is -1.69. The van der Waals surface area contributed by atoms with E-state index in [9.17, 15) is 10.1 Å². The summed E-state index contributed by atoms with van der Waals surface area (Å²) in [5.74, 6) is 0.342. The third-order valence-corrected chi connectivity index (χ3v) is 3.56. The lowest BCUT2D eigenvalue weighted by Crippen LogP contribution is -2.41. The molecule has 6 heteroatoms. The van der Waals surface area contributed by atoms with Crippen LogP contribution in [-0.2, 0) is 0 Å². The molecule has 6 nitrogen and oxygen atoms in total. The molecular formula is C14H24N4O2. The highest BCUT2D eigenvalue weighted by Crippen LogP contribution is 2.30. The Kier molecular flexibility index (Phi) is 5.05. The second-order valence-corrected chi connectivity index (χ2v) is 6.17. The molecule has 1 unspecified atom stereocenters. The highest BCUT2D eigenvalue weighted by atomic mass is 16.6. The Morgan fingerprint density at radius 2 is 2.10 bits per heavy atom. The summed E-state index contributed by atoms with van der Waals surface area (Å²) in [7, 11) is 4.03. The van der Waals surface area contributed by atoms with Gasteiger partial charge in [-0.25, -0.2) is 4.98 Å². The van der Waals surface area contributed by atoms with Gasteiger partial charge in [-0.05, 0) is 39.4 Å². The Morgan fingerprint density at radius 3 is 2.60 bits per heavy atom. The lowest BCUT2D eigenvalue weighted by atomic mass is 9.85. The smallest absolute Gasteiger partial charge is 0.314 e. The Balaban J connectivity index is 2.99. The quantitative estimate of drug-likeness (QED) is 0.640. The summed E-state index contributed by atoms with van der Waals surface area (Å²) in [5.41, 5.74) is 0.633. The maximum atomic E-state index is 11.2. The third kappa shape index (κ3) is 3.90. The van der Waals surface area contributed by atoms with E-state index in [0.29, 0.717) is 11.4 Å². The van der Waals surface area contributed by atoms with Gasteiger partial charge in [-0.1, -0.05) is 13.8 Å². The summed E-state index contributed by atoms with van der Waals surface area (Å²) in [5, 5.41) is 14.4. The number of rotatable bonds is 6. The molecule has 0 saturated heterocycles. The van der Waals surface area contributed by atoms with Crippen molar-refractivity contribution in [3.8, 4) is 0 Å². The monoisotopic (exact) mass is 280 g/mol. The number of aryl methyl sites for hydroxylation is 1. The summed E-state index contributed by atoms with van der Waals surface area (Å²) < 4.78 is 0. The van der Waals surface area contributed by atoms with E-state index in [-0.39, 0.29) is 22.1 Å². The van der Waals surface area contributed by atoms with Crippen LogP contribution in [0.3, 0.4) is 0 Å². The van der Waals surface area contributed by atoms with Crippen LogP contribution in [0.15, 0.2) is 12.3 Å². The number of hydrogen-bond acceptors (Lipinski definition) is 5. The van der Waals surface area contributed by atoms with Crippen molar-refractivity contribution < 1.29 is 4.92 Å². The van der Waals surface area contributed by atoms with Crippen molar-refractivity contribution in [2.24, 2.45) is 5.41 Å². The summed E-state index contributed by atoms with van der Waals surface area (Å²) in [6.45, 7) is 8.89. The van der Waals surface area contributed by atoms with Crippen LogP contribution in [0.2, 0.25) is 0 Å². The minimum absolute atomic E-state index is 0.0389. The van der Waals surface area contributed by atoms with Crippen molar-refractivity contribution in [2.75, 3.05) is 26.0 Å². The van der Waals surface area contributed by atoms with Gasteiger partial charge in [0.25, 0.3) is 0 Å². The fraction of sp³-hybridized carbons (Fsp3) is 0.643. The molecule has 0 aliphatic rings. The summed E-state index contributed by atoms with van der Waals surface area (Å²) in [4.78, 5) is 17.0. The van der Waals surface area contributed by atoms with E-state index in [1.54, 1.807) is 19.2 Å². The van der Waals surface area contributed by atoms with Gasteiger partial charge in [-0.3, -0.25) is 10.1 Å². The second-order valence-electron chi connectivity index (χ2n) is 6.17. The van der Waals surface area contributed by atoms with Crippen LogP contribution >= 0.6 is 0 Å². The average molecular weight is 280 g/mol. The van der Waals surface area contributed by atoms with E-state index in [2.05, 4.69) is 29.0 Å². The number of nitrogens with one attached hydrogen (secondary N) is 1. The molecule has 0 aromatic carbocycles. The fourth-order valence-corrected chi connectivity index (χ4v) is 2.24. The maximum Gasteiger partial charge on any atom is 0.314 e. The van der Waals surface area contributed by atoms with E-state index in [0.717, 1.165) is 6.54 Å². The van der Waals surface area contributed by atoms with Crippen molar-refractivity contribution in [1.29, 1.82) is 0 Å². The Morgan fingerprint density at radius 1 is 1.50 bits per heavy atom. The van der Waals surface area contributed by atoms with E-state index in [4.69, 9.17) is 0 Å². The summed E-state index contributed by atoms with van der Waals surface area (Å²) in [6.07, 6.45) is 1.59. The molecule has 1 N–H and O–H groups in total. The minimum atomic E-state index is -0.379. The van der Waals surface area contributed by atoms with E-state index in [1.165, 1.54) is 0 Å². The van der Waals surface area contributed by atoms with Gasteiger partial charge in [0.05, 0.1) is 4.92 Å². The highest BCUT2D eigenvalue weighted by Gasteiger charge is 2.29. The van der Waals surface area contributed by atoms with Crippen molar-refractivity contribution in [3.63, 3.8) is 0 Å². The number of nitrogens with zero attached hydrogens (tertiary/aromatic N) is 3. The molecule has 0 aliphatic heterocycles. The van der Waals surface area contributed by atoms with Gasteiger partial charge >= 0.3 is 5.69 Å². The molecule has 1 heterocycles. The first-order chi connectivity index (χ1) is 9.15. The molecule has 0 radical (unpaired) electrons. The Bertz CT molecular complexity index is 486. The molecule has 1 aromatic rings. The van der Waals surface area contributed by atoms with Gasteiger partial charge in [0.15, 0.2) is 0 Å². The molecule has 1 atom stereocenters. The SMILES string of the molecule is Cc1ccnc(NC(C)C(C)(C)CN(C)C)c1[N+](=O)[O-]. The van der Waals surface area contributed by atoms with Crippen LogP contribution < -0.4 is 5.32 Å². The lowest BCUT2D eigenvalue weighted by molar-refractivity contribution is -0.384. The molecule has 1 aromatic heterocycles. The van der Waals surface area contributed by atoms with Crippen molar-refractivity contribution >= 4 is 11.5 Å². The zero-order valence-electron chi connectivity index (χ0n) is 13.1. The number of anilines is 1. The first-order valence-corrected chi connectivity index (χ1v) is 6.66. The van der Waals surface area contributed by atoms with Gasteiger partial charge < -0.3 is 10.2 Å². The van der Waals surface area contributed by atoms with Crippen molar-refractivity contribution in [1.82, 2.24) is 9.88 Å². The predicted octanol–water partition coefficient (Wildman–Crippen LogP) is 2.69. The first-order valence-electron chi connectivity index (χ1n) is 6.66. The minimum Gasteiger partial charge on any atom is -0.361 e. The molecule has 112 valence electrons. The fourth-order valence-electron chi connectivity index (χ4n) is 2.24. The predicted molar refractivity (Wildman–Crippen MR) is 81.0 cm³/mol. The molecule has 0 spiro atoms. The zero-order chi connectivity index (χ0) is 15.5. The molecule has 0 bridgehead atoms. The number of hydrogen-bond donors (Lipinski definition) is 1. The van der Waals surface area contributed by atoms with Crippen LogP contribution in [0.25, 0.3) is 0 Å². The van der Waals surface area contributed by atoms with Crippen molar-refractivity contribution in [3.05, 3.63) is 27.9 Å². The molecule has 0 amide bonds. The van der Waals surface area contributed by atoms with Crippen LogP contribution in [-0.4, -0.2) is 41.5 Å². The maximum absolute atomic E-state index is 11.2. The van der Waals surface area contributed by atoms with Crippen molar-refractivity contribution in [2.45, 2.75) is 33.7 Å². The zero-order valence-corrected chi connectivity index (χ0v) is 13.1. The molecule has 0 aliphatic carbocycles. The van der Waals surface area contributed by atoms with Crippen LogP contribution in [0.4, 0.5) is 11.5 Å². The van der Waals surface area contributed by atoms with E-state index >= 15 is 0 Å². The average Bonchev–Trinajstić information content (AvgIpc) is 2.26. The molecule has 0 saturated carbocycles. The van der Waals surface area contributed by atoms with Gasteiger partial charge in [0, 0.05) is 24.3 Å². The second kappa shape index (κ2) is 6.17. The number of pyridine rings is 1. The van der Waals surface area contributed by atoms with Crippen LogP contribution in [0.1, 0.15) is 26.3 Å². The van der Waals surface area contributed by atoms with Gasteiger partial charge in [0.2, 0.25) is 5.82 Å². The van der Waals surface area contributed by atoms with E-state index in [1.807, 2.05) is 21.0 Å². The topological polar surface area (TPSA) is 71.3 Å². The standard InChI is InChI=1S/C14H24N4O2/c1-10-7-8-15-13(12(10)18(19)20)16-11(2)14(3,4)9-17(5)6/h7-8,11H,9H2,1-6H3,(H,15,16). The van der Waals surface area contributed by atoms with Gasteiger partial charge in [0.1, 0.15) is 0 Å². The van der Waals surface area contributed by atoms with Crippen LogP contribution in [0, 0.1) is 22.5 Å². The first kappa shape index (κ1) is 16.4. The highest BCUT2D eigenvalue weighted by molar-refractivity contribution is 5.60. The van der Waals surface area contributed by atoms with E-state index < -0.39 is 0 Å². The molecule has 0 fully saturated rings. The molecular weight excluding hydrogens is 256 g/mol. The van der Waals surface area contributed by atoms with Gasteiger partial charge in [-0.15, -0.1) is 0 Å². The Labute approximate surface area is 120 Å². The van der Waals surface area contributed by atoms with Gasteiger partial charge in [-0.2, -0.15) is 0 Å². The van der Waals surface area contributed by atoms with Crippen LogP contribution in [0.5, 0.6) is 0 Å². The number of aromatic nitrogens is 1. The molecule has 1 rings (SSSR count).